The van der Waals surface area contributed by atoms with Gasteiger partial charge in [0.2, 0.25) is 0 Å². The number of hydrogen-bond acceptors (Lipinski definition) is 3. The van der Waals surface area contributed by atoms with Gasteiger partial charge in [0.1, 0.15) is 0 Å². The Kier molecular flexibility index (Phi) is 3.16. The molecule has 2 aliphatic rings. The van der Waals surface area contributed by atoms with Crippen LogP contribution in [0.3, 0.4) is 0 Å². The maximum absolute atomic E-state index is 4.10. The van der Waals surface area contributed by atoms with E-state index < -0.39 is 0 Å². The fourth-order valence-electron chi connectivity index (χ4n) is 3.52. The van der Waals surface area contributed by atoms with Crippen LogP contribution < -0.4 is 5.32 Å². The Morgan fingerprint density at radius 2 is 2.00 bits per heavy atom. The van der Waals surface area contributed by atoms with Gasteiger partial charge in [0.15, 0.2) is 0 Å². The third-order valence-electron chi connectivity index (χ3n) is 4.47. The summed E-state index contributed by atoms with van der Waals surface area (Å²) >= 11 is 0. The zero-order valence-corrected chi connectivity index (χ0v) is 10.5. The second-order valence-corrected chi connectivity index (χ2v) is 5.38. The summed E-state index contributed by atoms with van der Waals surface area (Å²) < 4.78 is 2.18. The fourth-order valence-corrected chi connectivity index (χ4v) is 3.52. The van der Waals surface area contributed by atoms with Gasteiger partial charge in [0, 0.05) is 43.6 Å². The van der Waals surface area contributed by atoms with Crippen molar-refractivity contribution in [1.29, 1.82) is 0 Å². The molecule has 1 N–H and O–H groups in total. The van der Waals surface area contributed by atoms with Crippen molar-refractivity contribution in [1.82, 2.24) is 19.8 Å². The molecule has 2 bridgehead atoms. The van der Waals surface area contributed by atoms with Crippen LogP contribution in [-0.4, -0.2) is 46.2 Å². The van der Waals surface area contributed by atoms with Crippen LogP contribution in [0.5, 0.6) is 0 Å². The molecule has 0 radical (unpaired) electrons. The molecule has 4 heteroatoms. The second kappa shape index (κ2) is 4.78. The van der Waals surface area contributed by atoms with E-state index in [0.717, 1.165) is 24.7 Å². The van der Waals surface area contributed by atoms with Gasteiger partial charge in [0.25, 0.3) is 0 Å². The number of piperidine rings is 1. The number of hydrogen-bond donors (Lipinski definition) is 1. The predicted molar refractivity (Wildman–Crippen MR) is 67.8 cm³/mol. The van der Waals surface area contributed by atoms with Gasteiger partial charge in [-0.3, -0.25) is 4.90 Å². The van der Waals surface area contributed by atoms with E-state index in [2.05, 4.69) is 33.0 Å². The maximum atomic E-state index is 4.10. The highest BCUT2D eigenvalue weighted by Crippen LogP contribution is 2.35. The molecule has 4 nitrogen and oxygen atoms in total. The second-order valence-electron chi connectivity index (χ2n) is 5.38. The minimum Gasteiger partial charge on any atom is -0.336 e. The molecule has 2 atom stereocenters. The molecule has 1 aromatic heterocycles. The van der Waals surface area contributed by atoms with Crippen LogP contribution in [0.15, 0.2) is 18.7 Å². The summed E-state index contributed by atoms with van der Waals surface area (Å²) in [5, 5.41) is 3.45. The first-order valence-corrected chi connectivity index (χ1v) is 6.75. The molecule has 0 spiro atoms. The monoisotopic (exact) mass is 234 g/mol. The lowest BCUT2D eigenvalue weighted by Gasteiger charge is -2.38. The number of imidazole rings is 1. The quantitative estimate of drug-likeness (QED) is 0.847. The largest absolute Gasteiger partial charge is 0.336 e. The molecule has 2 fully saturated rings. The third kappa shape index (κ3) is 2.24. The van der Waals surface area contributed by atoms with Crippen molar-refractivity contribution in [2.24, 2.45) is 0 Å². The van der Waals surface area contributed by atoms with Crippen LogP contribution in [-0.2, 0) is 6.54 Å². The van der Waals surface area contributed by atoms with E-state index in [1.54, 1.807) is 0 Å². The Balaban J connectivity index is 1.58. The first kappa shape index (κ1) is 11.2. The lowest BCUT2D eigenvalue weighted by molar-refractivity contribution is 0.115. The SMILES string of the molecule is CNC1CC2CCC(C1)N2CCn1ccnc1. The van der Waals surface area contributed by atoms with Crippen molar-refractivity contribution in [2.75, 3.05) is 13.6 Å². The topological polar surface area (TPSA) is 33.1 Å². The molecule has 1 aromatic rings. The van der Waals surface area contributed by atoms with Crippen LogP contribution in [0.25, 0.3) is 0 Å². The van der Waals surface area contributed by atoms with E-state index in [0.29, 0.717) is 0 Å². The van der Waals surface area contributed by atoms with Crippen molar-refractivity contribution in [3.05, 3.63) is 18.7 Å². The molecule has 2 unspecified atom stereocenters. The first-order chi connectivity index (χ1) is 8.36. The summed E-state index contributed by atoms with van der Waals surface area (Å²) in [6.07, 6.45) is 11.3. The Labute approximate surface area is 103 Å². The Hall–Kier alpha value is -0.870. The summed E-state index contributed by atoms with van der Waals surface area (Å²) in [5.41, 5.74) is 0. The van der Waals surface area contributed by atoms with Gasteiger partial charge in [-0.25, -0.2) is 4.98 Å². The molecule has 0 amide bonds. The van der Waals surface area contributed by atoms with Crippen LogP contribution >= 0.6 is 0 Å². The number of aromatic nitrogens is 2. The minimum atomic E-state index is 0.747. The molecule has 2 saturated heterocycles. The zero-order valence-electron chi connectivity index (χ0n) is 10.5. The average Bonchev–Trinajstić information content (AvgIpc) is 2.93. The molecule has 0 saturated carbocycles. The van der Waals surface area contributed by atoms with Gasteiger partial charge in [-0.1, -0.05) is 0 Å². The number of fused-ring (bicyclic) bond motifs is 2. The number of rotatable bonds is 4. The highest BCUT2D eigenvalue weighted by molar-refractivity contribution is 4.97. The fraction of sp³-hybridized carbons (Fsp3) is 0.769. The molecule has 94 valence electrons. The predicted octanol–water partition coefficient (Wildman–Crippen LogP) is 1.10. The van der Waals surface area contributed by atoms with Crippen LogP contribution in [0.1, 0.15) is 25.7 Å². The first-order valence-electron chi connectivity index (χ1n) is 6.75. The standard InChI is InChI=1S/C13H22N4/c1-14-11-8-12-2-3-13(9-11)17(12)7-6-16-5-4-15-10-16/h4-5,10-14H,2-3,6-9H2,1H3. The highest BCUT2D eigenvalue weighted by Gasteiger charge is 2.39. The van der Waals surface area contributed by atoms with Crippen molar-refractivity contribution in [3.63, 3.8) is 0 Å². The van der Waals surface area contributed by atoms with Crippen molar-refractivity contribution in [2.45, 2.75) is 50.4 Å². The number of nitrogens with zero attached hydrogens (tertiary/aromatic N) is 3. The Bertz CT molecular complexity index is 334. The number of nitrogens with one attached hydrogen (secondary N) is 1. The van der Waals surface area contributed by atoms with Gasteiger partial charge in [0.05, 0.1) is 6.33 Å². The highest BCUT2D eigenvalue weighted by atomic mass is 15.2. The minimum absolute atomic E-state index is 0.747. The summed E-state index contributed by atoms with van der Waals surface area (Å²) in [5.74, 6) is 0. The third-order valence-corrected chi connectivity index (χ3v) is 4.47. The molecule has 3 heterocycles. The smallest absolute Gasteiger partial charge is 0.0946 e. The summed E-state index contributed by atoms with van der Waals surface area (Å²) in [7, 11) is 2.10. The summed E-state index contributed by atoms with van der Waals surface area (Å²) in [6, 6.07) is 2.38. The van der Waals surface area contributed by atoms with Crippen molar-refractivity contribution < 1.29 is 0 Å². The van der Waals surface area contributed by atoms with E-state index in [4.69, 9.17) is 0 Å². The van der Waals surface area contributed by atoms with E-state index in [9.17, 15) is 0 Å². The molecular formula is C13H22N4. The van der Waals surface area contributed by atoms with E-state index in [1.807, 2.05) is 12.5 Å². The van der Waals surface area contributed by atoms with Crippen LogP contribution in [0.2, 0.25) is 0 Å². The van der Waals surface area contributed by atoms with Gasteiger partial charge in [-0.05, 0) is 32.7 Å². The maximum Gasteiger partial charge on any atom is 0.0946 e. The average molecular weight is 234 g/mol. The lowest BCUT2D eigenvalue weighted by Crippen LogP contribution is -2.49. The van der Waals surface area contributed by atoms with Crippen LogP contribution in [0, 0.1) is 0 Å². The van der Waals surface area contributed by atoms with Crippen LogP contribution in [0.4, 0.5) is 0 Å². The summed E-state index contributed by atoms with van der Waals surface area (Å²) in [4.78, 5) is 6.83. The normalized spacial score (nSPS) is 33.1. The Morgan fingerprint density at radius 1 is 1.24 bits per heavy atom. The molecular weight excluding hydrogens is 212 g/mol. The molecule has 3 rings (SSSR count). The molecule has 0 aromatic carbocycles. The van der Waals surface area contributed by atoms with Gasteiger partial charge < -0.3 is 9.88 Å². The molecule has 17 heavy (non-hydrogen) atoms. The summed E-state index contributed by atoms with van der Waals surface area (Å²) in [6.45, 7) is 2.26. The molecule has 0 aliphatic carbocycles. The van der Waals surface area contributed by atoms with E-state index in [-0.39, 0.29) is 0 Å². The molecule has 2 aliphatic heterocycles. The van der Waals surface area contributed by atoms with Crippen molar-refractivity contribution in [3.8, 4) is 0 Å². The van der Waals surface area contributed by atoms with E-state index in [1.165, 1.54) is 32.2 Å². The van der Waals surface area contributed by atoms with Gasteiger partial charge >= 0.3 is 0 Å². The van der Waals surface area contributed by atoms with Crippen molar-refractivity contribution >= 4 is 0 Å². The van der Waals surface area contributed by atoms with Gasteiger partial charge in [-0.2, -0.15) is 0 Å². The zero-order chi connectivity index (χ0) is 11.7. The lowest BCUT2D eigenvalue weighted by atomic mass is 9.97. The van der Waals surface area contributed by atoms with Gasteiger partial charge in [-0.15, -0.1) is 0 Å². The Morgan fingerprint density at radius 3 is 2.59 bits per heavy atom. The van der Waals surface area contributed by atoms with E-state index >= 15 is 0 Å².